The molecule has 0 fully saturated rings. The molecule has 0 saturated heterocycles. The number of aromatic nitrogens is 4. The van der Waals surface area contributed by atoms with Crippen molar-refractivity contribution in [1.29, 1.82) is 0 Å². The van der Waals surface area contributed by atoms with E-state index in [0.29, 0.717) is 11.5 Å². The SMILES string of the molecule is Cc1ccnc2nc(C(=O)OC(C)C(=O)Nc3ccc(Br)cc3)nn12. The van der Waals surface area contributed by atoms with Gasteiger partial charge >= 0.3 is 5.97 Å². The Kier molecular flexibility index (Phi) is 4.75. The van der Waals surface area contributed by atoms with Crippen LogP contribution < -0.4 is 5.32 Å². The molecule has 0 bridgehead atoms. The van der Waals surface area contributed by atoms with Crippen molar-refractivity contribution in [1.82, 2.24) is 19.6 Å². The first-order valence-corrected chi connectivity index (χ1v) is 8.19. The fourth-order valence-electron chi connectivity index (χ4n) is 2.04. The van der Waals surface area contributed by atoms with E-state index in [1.807, 2.05) is 6.92 Å². The van der Waals surface area contributed by atoms with Crippen molar-refractivity contribution in [2.45, 2.75) is 20.0 Å². The minimum Gasteiger partial charge on any atom is -0.447 e. The van der Waals surface area contributed by atoms with E-state index in [-0.39, 0.29) is 5.82 Å². The Balaban J connectivity index is 1.67. The molecular formula is C16H14BrN5O3. The number of carbonyl (C=O) groups excluding carboxylic acids is 2. The van der Waals surface area contributed by atoms with Crippen LogP contribution in [0.1, 0.15) is 23.2 Å². The Morgan fingerprint density at radius 2 is 1.96 bits per heavy atom. The maximum Gasteiger partial charge on any atom is 0.379 e. The van der Waals surface area contributed by atoms with E-state index in [1.165, 1.54) is 11.4 Å². The third-order valence-corrected chi connectivity index (χ3v) is 3.91. The summed E-state index contributed by atoms with van der Waals surface area (Å²) in [5.74, 6) is -1.10. The van der Waals surface area contributed by atoms with Crippen molar-refractivity contribution in [3.05, 3.63) is 52.5 Å². The van der Waals surface area contributed by atoms with Gasteiger partial charge in [-0.1, -0.05) is 15.9 Å². The second kappa shape index (κ2) is 6.98. The van der Waals surface area contributed by atoms with Crippen LogP contribution in [-0.2, 0) is 9.53 Å². The van der Waals surface area contributed by atoms with Gasteiger partial charge in [0.25, 0.3) is 17.5 Å². The smallest absolute Gasteiger partial charge is 0.379 e. The van der Waals surface area contributed by atoms with Gasteiger partial charge in [0, 0.05) is 22.1 Å². The molecule has 3 rings (SSSR count). The van der Waals surface area contributed by atoms with Crippen LogP contribution in [0.25, 0.3) is 5.78 Å². The highest BCUT2D eigenvalue weighted by molar-refractivity contribution is 9.10. The van der Waals surface area contributed by atoms with Crippen LogP contribution in [0.15, 0.2) is 41.0 Å². The fourth-order valence-corrected chi connectivity index (χ4v) is 2.30. The zero-order chi connectivity index (χ0) is 18.0. The van der Waals surface area contributed by atoms with Crippen LogP contribution in [-0.4, -0.2) is 37.6 Å². The number of nitrogens with one attached hydrogen (secondary N) is 1. The highest BCUT2D eigenvalue weighted by Crippen LogP contribution is 2.14. The van der Waals surface area contributed by atoms with Crippen LogP contribution in [0.4, 0.5) is 5.69 Å². The van der Waals surface area contributed by atoms with Crippen LogP contribution in [0, 0.1) is 6.92 Å². The molecule has 8 nitrogen and oxygen atoms in total. The number of esters is 1. The van der Waals surface area contributed by atoms with E-state index >= 15 is 0 Å². The molecule has 0 spiro atoms. The number of amides is 1. The summed E-state index contributed by atoms with van der Waals surface area (Å²) in [6.45, 7) is 3.29. The third-order valence-electron chi connectivity index (χ3n) is 3.38. The summed E-state index contributed by atoms with van der Waals surface area (Å²) in [4.78, 5) is 32.3. The normalized spacial score (nSPS) is 12.0. The van der Waals surface area contributed by atoms with Crippen molar-refractivity contribution < 1.29 is 14.3 Å². The molecule has 0 aliphatic rings. The third kappa shape index (κ3) is 3.82. The first kappa shape index (κ1) is 17.0. The topological polar surface area (TPSA) is 98.5 Å². The first-order valence-electron chi connectivity index (χ1n) is 7.40. The van der Waals surface area contributed by atoms with Crippen molar-refractivity contribution >= 4 is 39.3 Å². The number of hydrogen-bond acceptors (Lipinski definition) is 6. The van der Waals surface area contributed by atoms with E-state index in [1.54, 1.807) is 36.5 Å². The lowest BCUT2D eigenvalue weighted by Gasteiger charge is -2.12. The highest BCUT2D eigenvalue weighted by atomic mass is 79.9. The molecule has 25 heavy (non-hydrogen) atoms. The molecule has 1 amide bonds. The molecule has 0 radical (unpaired) electrons. The Morgan fingerprint density at radius 1 is 1.24 bits per heavy atom. The van der Waals surface area contributed by atoms with Gasteiger partial charge in [-0.15, -0.1) is 5.10 Å². The lowest BCUT2D eigenvalue weighted by molar-refractivity contribution is -0.123. The molecule has 1 atom stereocenters. The molecule has 2 aromatic heterocycles. The number of ether oxygens (including phenoxy) is 1. The molecule has 3 aromatic rings. The summed E-state index contributed by atoms with van der Waals surface area (Å²) in [5, 5.41) is 6.72. The van der Waals surface area contributed by atoms with Crippen LogP contribution in [0.3, 0.4) is 0 Å². The van der Waals surface area contributed by atoms with Gasteiger partial charge in [-0.3, -0.25) is 4.79 Å². The minimum absolute atomic E-state index is 0.148. The maximum atomic E-state index is 12.2. The van der Waals surface area contributed by atoms with Gasteiger partial charge in [0.2, 0.25) is 0 Å². The number of halogens is 1. The number of anilines is 1. The van der Waals surface area contributed by atoms with Crippen molar-refractivity contribution in [2.75, 3.05) is 5.32 Å². The number of rotatable bonds is 4. The number of fused-ring (bicyclic) bond motifs is 1. The van der Waals surface area contributed by atoms with E-state index in [2.05, 4.69) is 36.3 Å². The minimum atomic E-state index is -1.00. The van der Waals surface area contributed by atoms with E-state index < -0.39 is 18.0 Å². The average Bonchev–Trinajstić information content (AvgIpc) is 3.02. The Bertz CT molecular complexity index is 939. The number of benzene rings is 1. The zero-order valence-electron chi connectivity index (χ0n) is 13.4. The summed E-state index contributed by atoms with van der Waals surface area (Å²) in [6, 6.07) is 8.79. The van der Waals surface area contributed by atoms with Gasteiger partial charge in [0.05, 0.1) is 0 Å². The van der Waals surface area contributed by atoms with Crippen molar-refractivity contribution in [3.8, 4) is 0 Å². The van der Waals surface area contributed by atoms with Gasteiger partial charge in [0.1, 0.15) is 0 Å². The molecule has 0 aliphatic heterocycles. The first-order chi connectivity index (χ1) is 11.9. The van der Waals surface area contributed by atoms with E-state index in [4.69, 9.17) is 4.74 Å². The summed E-state index contributed by atoms with van der Waals surface area (Å²) in [7, 11) is 0. The quantitative estimate of drug-likeness (QED) is 0.671. The number of carbonyl (C=O) groups is 2. The largest absolute Gasteiger partial charge is 0.447 e. The number of hydrogen-bond donors (Lipinski definition) is 1. The van der Waals surface area contributed by atoms with E-state index in [0.717, 1.165) is 10.2 Å². The molecule has 1 unspecified atom stereocenters. The van der Waals surface area contributed by atoms with Crippen LogP contribution in [0.5, 0.6) is 0 Å². The van der Waals surface area contributed by atoms with Gasteiger partial charge in [-0.2, -0.15) is 4.98 Å². The number of nitrogens with zero attached hydrogens (tertiary/aromatic N) is 4. The molecule has 128 valence electrons. The van der Waals surface area contributed by atoms with Crippen LogP contribution in [0.2, 0.25) is 0 Å². The second-order valence-corrected chi connectivity index (χ2v) is 6.19. The molecular weight excluding hydrogens is 390 g/mol. The highest BCUT2D eigenvalue weighted by Gasteiger charge is 2.22. The predicted molar refractivity (Wildman–Crippen MR) is 93.2 cm³/mol. The Hall–Kier alpha value is -2.81. The van der Waals surface area contributed by atoms with Crippen molar-refractivity contribution in [3.63, 3.8) is 0 Å². The van der Waals surface area contributed by atoms with Gasteiger partial charge < -0.3 is 10.1 Å². The fraction of sp³-hybridized carbons (Fsp3) is 0.188. The summed E-state index contributed by atoms with van der Waals surface area (Å²) < 4.78 is 7.47. The second-order valence-electron chi connectivity index (χ2n) is 5.28. The van der Waals surface area contributed by atoms with Gasteiger partial charge in [0.15, 0.2) is 6.10 Å². The Morgan fingerprint density at radius 3 is 2.64 bits per heavy atom. The average molecular weight is 404 g/mol. The van der Waals surface area contributed by atoms with Gasteiger partial charge in [-0.05, 0) is 44.2 Å². The predicted octanol–water partition coefficient (Wildman–Crippen LogP) is 2.38. The zero-order valence-corrected chi connectivity index (χ0v) is 15.0. The summed E-state index contributed by atoms with van der Waals surface area (Å²) in [6.07, 6.45) is 0.569. The van der Waals surface area contributed by atoms with Crippen LogP contribution >= 0.6 is 15.9 Å². The molecule has 0 aliphatic carbocycles. The molecule has 0 saturated carbocycles. The summed E-state index contributed by atoms with van der Waals surface area (Å²) in [5.41, 5.74) is 1.37. The Labute approximate surface area is 151 Å². The summed E-state index contributed by atoms with van der Waals surface area (Å²) >= 11 is 3.32. The molecule has 1 aromatic carbocycles. The lowest BCUT2D eigenvalue weighted by atomic mass is 10.3. The molecule has 9 heteroatoms. The molecule has 1 N–H and O–H groups in total. The monoisotopic (exact) mass is 403 g/mol. The standard InChI is InChI=1S/C16H14BrN5O3/c1-9-7-8-18-16-20-13(21-22(9)16)15(24)25-10(2)14(23)19-12-5-3-11(17)4-6-12/h3-8,10H,1-2H3,(H,19,23). The maximum absolute atomic E-state index is 12.2. The lowest BCUT2D eigenvalue weighted by Crippen LogP contribution is -2.30. The molecule has 2 heterocycles. The number of aryl methyl sites for hydroxylation is 1. The van der Waals surface area contributed by atoms with E-state index in [9.17, 15) is 9.59 Å². The van der Waals surface area contributed by atoms with Gasteiger partial charge in [-0.25, -0.2) is 14.3 Å². The van der Waals surface area contributed by atoms with Crippen molar-refractivity contribution in [2.24, 2.45) is 0 Å².